The fraction of sp³-hybridized carbons (Fsp3) is 0.400. The third-order valence-electron chi connectivity index (χ3n) is 1.63. The first-order valence-electron chi connectivity index (χ1n) is 4.23. The molecule has 0 heterocycles. The molecule has 0 aliphatic rings. The molecule has 2 N–H and O–H groups in total. The van der Waals surface area contributed by atoms with Crippen LogP contribution in [-0.2, 0) is 5.75 Å². The van der Waals surface area contributed by atoms with E-state index in [9.17, 15) is 0 Å². The summed E-state index contributed by atoms with van der Waals surface area (Å²) in [5.41, 5.74) is 1.25. The molecule has 0 saturated carbocycles. The van der Waals surface area contributed by atoms with Crippen molar-refractivity contribution in [2.75, 3.05) is 12.4 Å². The molecule has 0 aliphatic heterocycles. The van der Waals surface area contributed by atoms with E-state index in [0.29, 0.717) is 5.75 Å². The molecule has 0 saturated heterocycles. The lowest BCUT2D eigenvalue weighted by atomic mass is 10.2. The molecule has 0 spiro atoms. The minimum Gasteiger partial charge on any atom is -0.394 e. The molecule has 0 amide bonds. The van der Waals surface area contributed by atoms with Crippen molar-refractivity contribution in [3.05, 3.63) is 35.9 Å². The van der Waals surface area contributed by atoms with Gasteiger partial charge in [-0.1, -0.05) is 30.3 Å². The third-order valence-corrected chi connectivity index (χ3v) is 2.79. The van der Waals surface area contributed by atoms with Crippen LogP contribution in [0.2, 0.25) is 0 Å². The van der Waals surface area contributed by atoms with E-state index < -0.39 is 6.10 Å². The summed E-state index contributed by atoms with van der Waals surface area (Å²) in [5, 5.41) is 17.6. The van der Waals surface area contributed by atoms with Crippen LogP contribution in [0.1, 0.15) is 5.56 Å². The van der Waals surface area contributed by atoms with E-state index in [2.05, 4.69) is 12.1 Å². The molecule has 1 aromatic rings. The average Bonchev–Trinajstić information content (AvgIpc) is 2.19. The van der Waals surface area contributed by atoms with Gasteiger partial charge in [0.15, 0.2) is 0 Å². The Hall–Kier alpha value is -0.510. The van der Waals surface area contributed by atoms with E-state index in [1.165, 1.54) is 5.56 Å². The lowest BCUT2D eigenvalue weighted by Crippen LogP contribution is -2.14. The Morgan fingerprint density at radius 2 is 1.92 bits per heavy atom. The van der Waals surface area contributed by atoms with Gasteiger partial charge >= 0.3 is 0 Å². The summed E-state index contributed by atoms with van der Waals surface area (Å²) < 4.78 is 0. The van der Waals surface area contributed by atoms with Crippen molar-refractivity contribution in [2.24, 2.45) is 0 Å². The van der Waals surface area contributed by atoms with Crippen LogP contribution in [0.5, 0.6) is 0 Å². The zero-order chi connectivity index (χ0) is 9.52. The first kappa shape index (κ1) is 10.6. The Balaban J connectivity index is 2.20. The van der Waals surface area contributed by atoms with E-state index in [1.807, 2.05) is 18.2 Å². The summed E-state index contributed by atoms with van der Waals surface area (Å²) in [4.78, 5) is 0. The number of aliphatic hydroxyl groups excluding tert-OH is 2. The highest BCUT2D eigenvalue weighted by Crippen LogP contribution is 2.12. The summed E-state index contributed by atoms with van der Waals surface area (Å²) in [6.07, 6.45) is -0.589. The summed E-state index contributed by atoms with van der Waals surface area (Å²) in [6.45, 7) is -0.151. The molecule has 1 unspecified atom stereocenters. The quantitative estimate of drug-likeness (QED) is 0.748. The first-order chi connectivity index (χ1) is 6.33. The smallest absolute Gasteiger partial charge is 0.0861 e. The molecule has 1 aromatic carbocycles. The summed E-state index contributed by atoms with van der Waals surface area (Å²) in [6, 6.07) is 10.1. The van der Waals surface area contributed by atoms with Gasteiger partial charge in [-0.2, -0.15) is 11.8 Å². The number of aliphatic hydroxyl groups is 2. The number of rotatable bonds is 5. The molecule has 13 heavy (non-hydrogen) atoms. The minimum absolute atomic E-state index is 0.151. The Labute approximate surface area is 82.6 Å². The Kier molecular flexibility index (Phi) is 4.90. The Morgan fingerprint density at radius 3 is 2.54 bits per heavy atom. The molecule has 0 bridgehead atoms. The van der Waals surface area contributed by atoms with Gasteiger partial charge in [0.25, 0.3) is 0 Å². The normalized spacial score (nSPS) is 12.8. The average molecular weight is 198 g/mol. The summed E-state index contributed by atoms with van der Waals surface area (Å²) in [7, 11) is 0. The van der Waals surface area contributed by atoms with E-state index >= 15 is 0 Å². The molecular formula is C10H14O2S. The molecule has 72 valence electrons. The van der Waals surface area contributed by atoms with E-state index in [0.717, 1.165) is 5.75 Å². The highest BCUT2D eigenvalue weighted by Gasteiger charge is 2.01. The van der Waals surface area contributed by atoms with Gasteiger partial charge in [0.05, 0.1) is 12.7 Å². The maximum atomic E-state index is 9.07. The summed E-state index contributed by atoms with van der Waals surface area (Å²) >= 11 is 1.63. The van der Waals surface area contributed by atoms with Crippen molar-refractivity contribution >= 4 is 11.8 Å². The Morgan fingerprint density at radius 1 is 1.23 bits per heavy atom. The lowest BCUT2D eigenvalue weighted by Gasteiger charge is -2.05. The van der Waals surface area contributed by atoms with Crippen LogP contribution in [0.4, 0.5) is 0 Å². The van der Waals surface area contributed by atoms with Crippen molar-refractivity contribution < 1.29 is 10.2 Å². The van der Waals surface area contributed by atoms with E-state index in [1.54, 1.807) is 11.8 Å². The van der Waals surface area contributed by atoms with Gasteiger partial charge in [-0.25, -0.2) is 0 Å². The number of hydrogen-bond donors (Lipinski definition) is 2. The second kappa shape index (κ2) is 6.02. The van der Waals surface area contributed by atoms with E-state index in [-0.39, 0.29) is 6.61 Å². The molecule has 0 aromatic heterocycles. The van der Waals surface area contributed by atoms with E-state index in [4.69, 9.17) is 10.2 Å². The topological polar surface area (TPSA) is 40.5 Å². The molecule has 2 nitrogen and oxygen atoms in total. The van der Waals surface area contributed by atoms with Crippen molar-refractivity contribution in [3.63, 3.8) is 0 Å². The first-order valence-corrected chi connectivity index (χ1v) is 5.39. The van der Waals surface area contributed by atoms with Crippen LogP contribution in [0.25, 0.3) is 0 Å². The fourth-order valence-electron chi connectivity index (χ4n) is 0.940. The van der Waals surface area contributed by atoms with Crippen LogP contribution in [0, 0.1) is 0 Å². The summed E-state index contributed by atoms with van der Waals surface area (Å²) in [5.74, 6) is 1.48. The Bertz CT molecular complexity index is 226. The van der Waals surface area contributed by atoms with Gasteiger partial charge in [0, 0.05) is 11.5 Å². The number of benzene rings is 1. The van der Waals surface area contributed by atoms with Crippen molar-refractivity contribution in [3.8, 4) is 0 Å². The minimum atomic E-state index is -0.589. The fourth-order valence-corrected chi connectivity index (χ4v) is 1.86. The predicted molar refractivity (Wildman–Crippen MR) is 55.7 cm³/mol. The van der Waals surface area contributed by atoms with Crippen LogP contribution < -0.4 is 0 Å². The molecular weight excluding hydrogens is 184 g/mol. The second-order valence-corrected chi connectivity index (χ2v) is 3.87. The maximum Gasteiger partial charge on any atom is 0.0861 e. The molecule has 1 atom stereocenters. The molecule has 0 fully saturated rings. The second-order valence-electron chi connectivity index (χ2n) is 2.84. The van der Waals surface area contributed by atoms with Crippen molar-refractivity contribution in [2.45, 2.75) is 11.9 Å². The molecule has 0 aliphatic carbocycles. The third kappa shape index (κ3) is 4.31. The van der Waals surface area contributed by atoms with Crippen LogP contribution >= 0.6 is 11.8 Å². The monoisotopic (exact) mass is 198 g/mol. The van der Waals surface area contributed by atoms with Gasteiger partial charge in [0.2, 0.25) is 0 Å². The van der Waals surface area contributed by atoms with Crippen molar-refractivity contribution in [1.29, 1.82) is 0 Å². The standard InChI is InChI=1S/C10H14O2S/c11-6-10(12)8-13-7-9-4-2-1-3-5-9/h1-5,10-12H,6-8H2. The highest BCUT2D eigenvalue weighted by molar-refractivity contribution is 7.98. The number of thioether (sulfide) groups is 1. The molecule has 3 heteroatoms. The van der Waals surface area contributed by atoms with Crippen LogP contribution in [0.3, 0.4) is 0 Å². The SMILES string of the molecule is OCC(O)CSCc1ccccc1. The van der Waals surface area contributed by atoms with Gasteiger partial charge in [-0.3, -0.25) is 0 Å². The zero-order valence-corrected chi connectivity index (χ0v) is 8.20. The maximum absolute atomic E-state index is 9.07. The van der Waals surface area contributed by atoms with Gasteiger partial charge in [0.1, 0.15) is 0 Å². The molecule has 0 radical (unpaired) electrons. The number of hydrogen-bond acceptors (Lipinski definition) is 3. The largest absolute Gasteiger partial charge is 0.394 e. The van der Waals surface area contributed by atoms with Gasteiger partial charge in [-0.15, -0.1) is 0 Å². The highest BCUT2D eigenvalue weighted by atomic mass is 32.2. The predicted octanol–water partition coefficient (Wildman–Crippen LogP) is 1.27. The van der Waals surface area contributed by atoms with Crippen molar-refractivity contribution in [1.82, 2.24) is 0 Å². The lowest BCUT2D eigenvalue weighted by molar-refractivity contribution is 0.113. The van der Waals surface area contributed by atoms with Gasteiger partial charge < -0.3 is 10.2 Å². The van der Waals surface area contributed by atoms with Crippen LogP contribution in [0.15, 0.2) is 30.3 Å². The van der Waals surface area contributed by atoms with Gasteiger partial charge in [-0.05, 0) is 5.56 Å². The molecule has 1 rings (SSSR count). The van der Waals surface area contributed by atoms with Crippen LogP contribution in [-0.4, -0.2) is 28.7 Å². The zero-order valence-electron chi connectivity index (χ0n) is 7.39.